The SMILES string of the molecule is CCOC(=O)C1=C(C)NC2=C(C(=O)CC(C)(C)C2)[C@H]1c1ccccc1OC. The lowest BCUT2D eigenvalue weighted by molar-refractivity contribution is -0.138. The molecule has 1 aliphatic heterocycles. The van der Waals surface area contributed by atoms with Gasteiger partial charge in [0.2, 0.25) is 0 Å². The van der Waals surface area contributed by atoms with Crippen molar-refractivity contribution >= 4 is 11.8 Å². The van der Waals surface area contributed by atoms with Crippen molar-refractivity contribution in [2.45, 2.75) is 46.5 Å². The second-order valence-corrected chi connectivity index (χ2v) is 7.89. The zero-order chi connectivity index (χ0) is 19.8. The van der Waals surface area contributed by atoms with Gasteiger partial charge in [0.1, 0.15) is 5.75 Å². The van der Waals surface area contributed by atoms with Crippen LogP contribution < -0.4 is 10.1 Å². The maximum atomic E-state index is 13.1. The first-order valence-electron chi connectivity index (χ1n) is 9.33. The summed E-state index contributed by atoms with van der Waals surface area (Å²) in [5, 5.41) is 3.33. The average molecular weight is 369 g/mol. The van der Waals surface area contributed by atoms with Crippen molar-refractivity contribution in [1.82, 2.24) is 5.32 Å². The number of Topliss-reactive ketones (excluding diaryl/α,β-unsaturated/α-hetero) is 1. The minimum absolute atomic E-state index is 0.0685. The van der Waals surface area contributed by atoms with E-state index in [-0.39, 0.29) is 17.8 Å². The highest BCUT2D eigenvalue weighted by Crippen LogP contribution is 2.48. The standard InChI is InChI=1S/C22H27NO4/c1-6-27-21(25)18-13(2)23-15-11-22(3,4)12-16(24)20(15)19(18)14-9-7-8-10-17(14)26-5/h7-10,19,23H,6,11-12H2,1-5H3/t19-/m0/s1. The molecule has 1 aliphatic carbocycles. The number of ketones is 1. The summed E-state index contributed by atoms with van der Waals surface area (Å²) in [6.07, 6.45) is 1.21. The molecule has 1 atom stereocenters. The number of benzene rings is 1. The molecule has 1 aromatic carbocycles. The molecular weight excluding hydrogens is 342 g/mol. The third-order valence-electron chi connectivity index (χ3n) is 5.18. The Hall–Kier alpha value is -2.56. The van der Waals surface area contributed by atoms with Crippen LogP contribution in [0.1, 0.15) is 52.0 Å². The molecule has 0 amide bonds. The molecule has 0 radical (unpaired) electrons. The minimum Gasteiger partial charge on any atom is -0.496 e. The van der Waals surface area contributed by atoms with Crippen LogP contribution in [-0.4, -0.2) is 25.5 Å². The van der Waals surface area contributed by atoms with Gasteiger partial charge in [0, 0.05) is 29.0 Å². The first-order chi connectivity index (χ1) is 12.8. The van der Waals surface area contributed by atoms with Crippen LogP contribution in [0, 0.1) is 5.41 Å². The fourth-order valence-corrected chi connectivity index (χ4v) is 4.13. The molecule has 0 spiro atoms. The number of allylic oxidation sites excluding steroid dienone is 3. The number of carbonyl (C=O) groups is 2. The van der Waals surface area contributed by atoms with E-state index in [0.717, 1.165) is 23.4 Å². The Labute approximate surface area is 160 Å². The highest BCUT2D eigenvalue weighted by molar-refractivity contribution is 6.04. The van der Waals surface area contributed by atoms with E-state index >= 15 is 0 Å². The van der Waals surface area contributed by atoms with E-state index in [1.165, 1.54) is 0 Å². The van der Waals surface area contributed by atoms with E-state index in [2.05, 4.69) is 19.2 Å². The molecular formula is C22H27NO4. The molecule has 5 nitrogen and oxygen atoms in total. The number of ether oxygens (including phenoxy) is 2. The molecule has 0 saturated heterocycles. The average Bonchev–Trinajstić information content (AvgIpc) is 2.59. The number of carbonyl (C=O) groups excluding carboxylic acids is 2. The van der Waals surface area contributed by atoms with Gasteiger partial charge in [-0.05, 0) is 31.7 Å². The van der Waals surface area contributed by atoms with Crippen LogP contribution in [-0.2, 0) is 14.3 Å². The molecule has 0 bridgehead atoms. The first-order valence-corrected chi connectivity index (χ1v) is 9.33. The Morgan fingerprint density at radius 2 is 1.96 bits per heavy atom. The lowest BCUT2D eigenvalue weighted by atomic mass is 9.68. The number of methoxy groups -OCH3 is 1. The van der Waals surface area contributed by atoms with Gasteiger partial charge in [-0.15, -0.1) is 0 Å². The quantitative estimate of drug-likeness (QED) is 0.817. The van der Waals surface area contributed by atoms with Crippen LogP contribution in [0.15, 0.2) is 46.8 Å². The van der Waals surface area contributed by atoms with E-state index in [4.69, 9.17) is 9.47 Å². The molecule has 5 heteroatoms. The number of nitrogens with one attached hydrogen (secondary N) is 1. The molecule has 144 valence electrons. The summed E-state index contributed by atoms with van der Waals surface area (Å²) in [4.78, 5) is 26.0. The molecule has 1 aromatic rings. The maximum Gasteiger partial charge on any atom is 0.336 e. The van der Waals surface area contributed by atoms with Gasteiger partial charge in [-0.25, -0.2) is 4.79 Å². The maximum absolute atomic E-state index is 13.1. The highest BCUT2D eigenvalue weighted by atomic mass is 16.5. The van der Waals surface area contributed by atoms with Gasteiger partial charge in [0.05, 0.1) is 25.2 Å². The van der Waals surface area contributed by atoms with Crippen molar-refractivity contribution in [3.05, 3.63) is 52.4 Å². The van der Waals surface area contributed by atoms with Crippen LogP contribution in [0.2, 0.25) is 0 Å². The van der Waals surface area contributed by atoms with E-state index in [9.17, 15) is 9.59 Å². The molecule has 1 N–H and O–H groups in total. The lowest BCUT2D eigenvalue weighted by Gasteiger charge is -2.39. The number of esters is 1. The molecule has 0 aromatic heterocycles. The third-order valence-corrected chi connectivity index (χ3v) is 5.18. The largest absolute Gasteiger partial charge is 0.496 e. The van der Waals surface area contributed by atoms with Crippen molar-refractivity contribution in [1.29, 1.82) is 0 Å². The Morgan fingerprint density at radius 3 is 2.63 bits per heavy atom. The molecule has 3 rings (SSSR count). The smallest absolute Gasteiger partial charge is 0.336 e. The van der Waals surface area contributed by atoms with Gasteiger partial charge in [0.15, 0.2) is 5.78 Å². The second-order valence-electron chi connectivity index (χ2n) is 7.89. The van der Waals surface area contributed by atoms with Crippen LogP contribution in [0.4, 0.5) is 0 Å². The Bertz CT molecular complexity index is 848. The van der Waals surface area contributed by atoms with E-state index in [1.54, 1.807) is 14.0 Å². The van der Waals surface area contributed by atoms with Gasteiger partial charge in [-0.3, -0.25) is 4.79 Å². The fraction of sp³-hybridized carbons (Fsp3) is 0.455. The van der Waals surface area contributed by atoms with E-state index in [0.29, 0.717) is 23.3 Å². The van der Waals surface area contributed by atoms with Crippen molar-refractivity contribution in [3.63, 3.8) is 0 Å². The van der Waals surface area contributed by atoms with E-state index < -0.39 is 11.9 Å². The zero-order valence-corrected chi connectivity index (χ0v) is 16.6. The van der Waals surface area contributed by atoms with Crippen LogP contribution in [0.3, 0.4) is 0 Å². The normalized spacial score (nSPS) is 21.5. The van der Waals surface area contributed by atoms with Crippen LogP contribution in [0.5, 0.6) is 5.75 Å². The summed E-state index contributed by atoms with van der Waals surface area (Å²) in [6, 6.07) is 7.55. The molecule has 0 unspecified atom stereocenters. The molecule has 1 heterocycles. The summed E-state index contributed by atoms with van der Waals surface area (Å²) >= 11 is 0. The van der Waals surface area contributed by atoms with Crippen molar-refractivity contribution in [3.8, 4) is 5.75 Å². The highest BCUT2D eigenvalue weighted by Gasteiger charge is 2.43. The Kier molecular flexibility index (Phi) is 5.13. The van der Waals surface area contributed by atoms with Crippen molar-refractivity contribution < 1.29 is 19.1 Å². The van der Waals surface area contributed by atoms with Crippen LogP contribution >= 0.6 is 0 Å². The zero-order valence-electron chi connectivity index (χ0n) is 16.6. The summed E-state index contributed by atoms with van der Waals surface area (Å²) in [7, 11) is 1.60. The first kappa shape index (κ1) is 19.2. The van der Waals surface area contributed by atoms with E-state index in [1.807, 2.05) is 31.2 Å². The monoisotopic (exact) mass is 369 g/mol. The second kappa shape index (κ2) is 7.22. The molecule has 0 fully saturated rings. The topological polar surface area (TPSA) is 64.6 Å². The van der Waals surface area contributed by atoms with Gasteiger partial charge in [0.25, 0.3) is 0 Å². The van der Waals surface area contributed by atoms with Gasteiger partial charge in [-0.2, -0.15) is 0 Å². The summed E-state index contributed by atoms with van der Waals surface area (Å²) in [6.45, 7) is 8.11. The van der Waals surface area contributed by atoms with Gasteiger partial charge >= 0.3 is 5.97 Å². The van der Waals surface area contributed by atoms with Gasteiger partial charge in [-0.1, -0.05) is 32.0 Å². The Balaban J connectivity index is 2.22. The molecule has 0 saturated carbocycles. The third kappa shape index (κ3) is 3.51. The summed E-state index contributed by atoms with van der Waals surface area (Å²) in [5.74, 6) is -0.162. The number of dihydropyridines is 1. The summed E-state index contributed by atoms with van der Waals surface area (Å²) in [5.41, 5.74) is 3.46. The predicted molar refractivity (Wildman–Crippen MR) is 103 cm³/mol. The Morgan fingerprint density at radius 1 is 1.26 bits per heavy atom. The van der Waals surface area contributed by atoms with Crippen LogP contribution in [0.25, 0.3) is 0 Å². The predicted octanol–water partition coefficient (Wildman–Crippen LogP) is 3.86. The van der Waals surface area contributed by atoms with Gasteiger partial charge < -0.3 is 14.8 Å². The molecule has 2 aliphatic rings. The number of para-hydroxylation sites is 1. The van der Waals surface area contributed by atoms with Crippen molar-refractivity contribution in [2.24, 2.45) is 5.41 Å². The molecule has 27 heavy (non-hydrogen) atoms. The summed E-state index contributed by atoms with van der Waals surface area (Å²) < 4.78 is 10.9. The van der Waals surface area contributed by atoms with Crippen molar-refractivity contribution in [2.75, 3.05) is 13.7 Å². The minimum atomic E-state index is -0.486. The number of hydrogen-bond acceptors (Lipinski definition) is 5. The number of rotatable bonds is 4. The fourth-order valence-electron chi connectivity index (χ4n) is 4.13. The lowest BCUT2D eigenvalue weighted by Crippen LogP contribution is -2.38. The number of hydrogen-bond donors (Lipinski definition) is 1.